The Morgan fingerprint density at radius 1 is 1.46 bits per heavy atom. The van der Waals surface area contributed by atoms with Gasteiger partial charge in [0.15, 0.2) is 0 Å². The first kappa shape index (κ1) is 11.5. The van der Waals surface area contributed by atoms with E-state index < -0.39 is 15.9 Å². The predicted octanol–water partition coefficient (Wildman–Crippen LogP) is -1.38. The maximum absolute atomic E-state index is 11.0. The van der Waals surface area contributed by atoms with Crippen molar-refractivity contribution in [2.75, 3.05) is 0 Å². The summed E-state index contributed by atoms with van der Waals surface area (Å²) in [5.41, 5.74) is 0. The van der Waals surface area contributed by atoms with Gasteiger partial charge in [0.05, 0.1) is 14.1 Å². The van der Waals surface area contributed by atoms with Gasteiger partial charge in [-0.25, -0.2) is 8.42 Å². The molecule has 0 spiro atoms. The molecule has 8 heteroatoms. The van der Waals surface area contributed by atoms with Crippen LogP contribution in [0, 0.1) is 0 Å². The standard InChI is InChI=1S/C5H2ClNO3S2.Na/c6-3-1-2-4(11-3)5(8)7-12(2,9)10;/h1H,(H,7,8);/q;+1/p-1. The number of fused-ring (bicyclic) bond motifs is 1. The zero-order chi connectivity index (χ0) is 8.93. The van der Waals surface area contributed by atoms with Crippen LogP contribution in [0.3, 0.4) is 0 Å². The fourth-order valence-electron chi connectivity index (χ4n) is 0.886. The average Bonchev–Trinajstić information content (AvgIpc) is 2.37. The number of hydrogen-bond donors (Lipinski definition) is 0. The number of hydrogen-bond acceptors (Lipinski definition) is 4. The SMILES string of the molecule is O=C1[N-]S(=O)(=O)c2cc(Cl)sc21.[Na+]. The summed E-state index contributed by atoms with van der Waals surface area (Å²) in [6.45, 7) is 0. The molecular weight excluding hydrogens is 245 g/mol. The van der Waals surface area contributed by atoms with E-state index in [0.29, 0.717) is 0 Å². The first-order chi connectivity index (χ1) is 5.50. The van der Waals surface area contributed by atoms with E-state index in [9.17, 15) is 13.2 Å². The third kappa shape index (κ3) is 1.79. The molecule has 4 nitrogen and oxygen atoms in total. The molecule has 0 saturated carbocycles. The summed E-state index contributed by atoms with van der Waals surface area (Å²) in [6, 6.07) is 1.24. The van der Waals surface area contributed by atoms with Gasteiger partial charge in [-0.1, -0.05) is 11.6 Å². The number of amides is 1. The smallest absolute Gasteiger partial charge is 0.537 e. The second-order valence-corrected chi connectivity index (χ2v) is 5.37. The fourth-order valence-corrected chi connectivity index (χ4v) is 3.53. The molecule has 2 heterocycles. The van der Waals surface area contributed by atoms with Crippen molar-refractivity contribution < 1.29 is 42.8 Å². The van der Waals surface area contributed by atoms with E-state index in [-0.39, 0.29) is 43.7 Å². The molecular formula is C5HClNNaO3S2. The molecule has 0 bridgehead atoms. The number of sulfonamides is 1. The van der Waals surface area contributed by atoms with E-state index in [4.69, 9.17) is 11.6 Å². The van der Waals surface area contributed by atoms with Crippen molar-refractivity contribution in [1.29, 1.82) is 0 Å². The molecule has 0 N–H and O–H groups in total. The first-order valence-corrected chi connectivity index (χ1v) is 5.46. The monoisotopic (exact) mass is 245 g/mol. The van der Waals surface area contributed by atoms with Crippen molar-refractivity contribution in [3.05, 3.63) is 20.0 Å². The molecule has 0 atom stereocenters. The van der Waals surface area contributed by atoms with Gasteiger partial charge in [0.1, 0.15) is 15.9 Å². The van der Waals surface area contributed by atoms with Crippen LogP contribution >= 0.6 is 22.9 Å². The van der Waals surface area contributed by atoms with Crippen molar-refractivity contribution in [2.24, 2.45) is 0 Å². The van der Waals surface area contributed by atoms with Gasteiger partial charge >= 0.3 is 29.6 Å². The first-order valence-electron chi connectivity index (χ1n) is 2.82. The molecule has 13 heavy (non-hydrogen) atoms. The van der Waals surface area contributed by atoms with E-state index in [2.05, 4.69) is 4.72 Å². The zero-order valence-corrected chi connectivity index (χ0v) is 10.8. The van der Waals surface area contributed by atoms with Gasteiger partial charge in [-0.3, -0.25) is 0 Å². The molecule has 0 aliphatic carbocycles. The molecule has 64 valence electrons. The molecule has 1 aliphatic heterocycles. The van der Waals surface area contributed by atoms with Gasteiger partial charge in [-0.2, -0.15) is 0 Å². The number of carbonyl (C=O) groups is 1. The molecule has 0 fully saturated rings. The average molecular weight is 246 g/mol. The maximum Gasteiger partial charge on any atom is 1.00 e. The Labute approximate surface area is 106 Å². The number of rotatable bonds is 0. The summed E-state index contributed by atoms with van der Waals surface area (Å²) in [6.07, 6.45) is 0. The van der Waals surface area contributed by atoms with E-state index in [0.717, 1.165) is 11.3 Å². The predicted molar refractivity (Wildman–Crippen MR) is 44.2 cm³/mol. The van der Waals surface area contributed by atoms with Crippen LogP contribution in [-0.2, 0) is 10.0 Å². The van der Waals surface area contributed by atoms with E-state index in [1.807, 2.05) is 0 Å². The van der Waals surface area contributed by atoms with Crippen molar-refractivity contribution in [2.45, 2.75) is 4.90 Å². The van der Waals surface area contributed by atoms with Crippen molar-refractivity contribution >= 4 is 38.9 Å². The molecule has 0 radical (unpaired) electrons. The van der Waals surface area contributed by atoms with Crippen LogP contribution < -0.4 is 29.6 Å². The Morgan fingerprint density at radius 3 is 2.62 bits per heavy atom. The van der Waals surface area contributed by atoms with Gasteiger partial charge in [0, 0.05) is 0 Å². The van der Waals surface area contributed by atoms with Gasteiger partial charge in [-0.15, -0.1) is 11.3 Å². The minimum atomic E-state index is -3.73. The van der Waals surface area contributed by atoms with Crippen LogP contribution in [0.15, 0.2) is 11.0 Å². The van der Waals surface area contributed by atoms with Gasteiger partial charge in [0.25, 0.3) is 0 Å². The van der Waals surface area contributed by atoms with Crippen molar-refractivity contribution in [1.82, 2.24) is 0 Å². The Bertz CT molecular complexity index is 466. The summed E-state index contributed by atoms with van der Waals surface area (Å²) in [4.78, 5) is 10.9. The number of nitrogens with zero attached hydrogens (tertiary/aromatic N) is 1. The minimum absolute atomic E-state index is 0. The summed E-state index contributed by atoms with van der Waals surface area (Å²) >= 11 is 6.46. The van der Waals surface area contributed by atoms with Crippen LogP contribution in [0.5, 0.6) is 0 Å². The fraction of sp³-hybridized carbons (Fsp3) is 0. The second-order valence-electron chi connectivity index (χ2n) is 2.12. The molecule has 1 amide bonds. The third-order valence-corrected chi connectivity index (χ3v) is 4.01. The van der Waals surface area contributed by atoms with Crippen molar-refractivity contribution in [3.8, 4) is 0 Å². The van der Waals surface area contributed by atoms with Crippen LogP contribution in [-0.4, -0.2) is 14.3 Å². The van der Waals surface area contributed by atoms with Crippen LogP contribution in [0.25, 0.3) is 4.72 Å². The number of halogens is 1. The molecule has 0 unspecified atom stereocenters. The number of thiophene rings is 1. The second kappa shape index (κ2) is 3.52. The Hall–Kier alpha value is 0.410. The van der Waals surface area contributed by atoms with E-state index in [1.54, 1.807) is 0 Å². The zero-order valence-electron chi connectivity index (χ0n) is 6.44. The van der Waals surface area contributed by atoms with Gasteiger partial charge in [0.2, 0.25) is 0 Å². The Morgan fingerprint density at radius 2 is 2.08 bits per heavy atom. The summed E-state index contributed by atoms with van der Waals surface area (Å²) < 4.78 is 25.3. The minimum Gasteiger partial charge on any atom is -0.537 e. The van der Waals surface area contributed by atoms with Crippen LogP contribution in [0.2, 0.25) is 4.34 Å². The summed E-state index contributed by atoms with van der Waals surface area (Å²) in [7, 11) is -3.73. The topological polar surface area (TPSA) is 65.3 Å². The van der Waals surface area contributed by atoms with Gasteiger partial charge in [-0.05, 0) is 6.07 Å². The molecule has 1 aromatic rings. The van der Waals surface area contributed by atoms with Crippen LogP contribution in [0.4, 0.5) is 0 Å². The number of carbonyl (C=O) groups excluding carboxylic acids is 1. The van der Waals surface area contributed by atoms with Crippen molar-refractivity contribution in [3.63, 3.8) is 0 Å². The maximum atomic E-state index is 11.0. The molecule has 2 rings (SSSR count). The normalized spacial score (nSPS) is 17.5. The Kier molecular flexibility index (Phi) is 3.11. The van der Waals surface area contributed by atoms with Crippen LogP contribution in [0.1, 0.15) is 9.67 Å². The van der Waals surface area contributed by atoms with E-state index in [1.165, 1.54) is 6.07 Å². The molecule has 1 aromatic heterocycles. The van der Waals surface area contributed by atoms with E-state index >= 15 is 0 Å². The largest absolute Gasteiger partial charge is 1.00 e. The quantitative estimate of drug-likeness (QED) is 0.530. The third-order valence-electron chi connectivity index (χ3n) is 1.34. The Balaban J connectivity index is 0.000000845. The summed E-state index contributed by atoms with van der Waals surface area (Å²) in [5.74, 6) is -0.720. The molecule has 0 aromatic carbocycles. The molecule has 1 aliphatic rings. The molecule has 0 saturated heterocycles. The summed E-state index contributed by atoms with van der Waals surface area (Å²) in [5, 5.41) is 0. The van der Waals surface area contributed by atoms with Gasteiger partial charge < -0.3 is 9.52 Å².